The van der Waals surface area contributed by atoms with E-state index in [1.54, 1.807) is 0 Å². The average molecular weight is 138 g/mol. The fraction of sp³-hybridized carbons (Fsp3) is 0.500. The van der Waals surface area contributed by atoms with Crippen LogP contribution in [0, 0.1) is 0 Å². The highest BCUT2D eigenvalue weighted by atomic mass is 14.9. The molecule has 3 N–H and O–H groups in total. The van der Waals surface area contributed by atoms with Crippen molar-refractivity contribution in [3.8, 4) is 0 Å². The number of hydrogen-bond acceptors (Lipinski definition) is 2. The van der Waals surface area contributed by atoms with Crippen LogP contribution in [0.15, 0.2) is 24.0 Å². The molecule has 56 valence electrons. The van der Waals surface area contributed by atoms with E-state index >= 15 is 0 Å². The van der Waals surface area contributed by atoms with Crippen LogP contribution >= 0.6 is 0 Å². The zero-order valence-electron chi connectivity index (χ0n) is 6.35. The van der Waals surface area contributed by atoms with Gasteiger partial charge in [-0.2, -0.15) is 0 Å². The van der Waals surface area contributed by atoms with Crippen LogP contribution in [0.25, 0.3) is 0 Å². The minimum atomic E-state index is 0.679. The zero-order valence-corrected chi connectivity index (χ0v) is 6.35. The first-order valence-corrected chi connectivity index (χ1v) is 3.57. The van der Waals surface area contributed by atoms with E-state index in [0.29, 0.717) is 6.04 Å². The molecule has 0 bridgehead atoms. The highest BCUT2D eigenvalue weighted by molar-refractivity contribution is 5.22. The Morgan fingerprint density at radius 1 is 1.70 bits per heavy atom. The minimum absolute atomic E-state index is 0.679. The molecule has 0 spiro atoms. The van der Waals surface area contributed by atoms with Gasteiger partial charge in [0.25, 0.3) is 0 Å². The summed E-state index contributed by atoms with van der Waals surface area (Å²) in [5.74, 6) is 0. The van der Waals surface area contributed by atoms with Crippen molar-refractivity contribution in [3.05, 3.63) is 24.0 Å². The summed E-state index contributed by atoms with van der Waals surface area (Å²) in [6, 6.07) is 0.679. The average Bonchev–Trinajstić information content (AvgIpc) is 2.64. The topological polar surface area (TPSA) is 38.0 Å². The van der Waals surface area contributed by atoms with E-state index in [0.717, 1.165) is 11.3 Å². The summed E-state index contributed by atoms with van der Waals surface area (Å²) in [5, 5.41) is 3.19. The lowest BCUT2D eigenvalue weighted by Gasteiger charge is -2.00. The monoisotopic (exact) mass is 138 g/mol. The molecule has 1 aliphatic rings. The maximum absolute atomic E-state index is 5.59. The summed E-state index contributed by atoms with van der Waals surface area (Å²) in [7, 11) is 0. The van der Waals surface area contributed by atoms with Crippen LogP contribution in [0.4, 0.5) is 0 Å². The molecule has 1 saturated carbocycles. The lowest BCUT2D eigenvalue weighted by atomic mass is 10.3. The summed E-state index contributed by atoms with van der Waals surface area (Å²) in [6.07, 6.45) is 4.40. The Kier molecular flexibility index (Phi) is 2.00. The fourth-order valence-corrected chi connectivity index (χ4v) is 0.581. The maximum atomic E-state index is 5.59. The summed E-state index contributed by atoms with van der Waals surface area (Å²) in [5.41, 5.74) is 7.27. The second-order valence-electron chi connectivity index (χ2n) is 2.82. The Labute approximate surface area is 61.8 Å². The smallest absolute Gasteiger partial charge is 0.0497 e. The van der Waals surface area contributed by atoms with E-state index in [4.69, 9.17) is 5.73 Å². The molecule has 1 fully saturated rings. The van der Waals surface area contributed by atoms with Gasteiger partial charge in [0, 0.05) is 17.9 Å². The number of rotatable bonds is 3. The summed E-state index contributed by atoms with van der Waals surface area (Å²) < 4.78 is 0. The quantitative estimate of drug-likeness (QED) is 0.573. The Bertz CT molecular complexity index is 166. The predicted molar refractivity (Wildman–Crippen MR) is 43.2 cm³/mol. The Morgan fingerprint density at radius 2 is 2.30 bits per heavy atom. The van der Waals surface area contributed by atoms with Gasteiger partial charge in [-0.1, -0.05) is 6.58 Å². The van der Waals surface area contributed by atoms with E-state index < -0.39 is 0 Å². The molecular weight excluding hydrogens is 124 g/mol. The van der Waals surface area contributed by atoms with Crippen molar-refractivity contribution < 1.29 is 0 Å². The molecule has 0 heterocycles. The van der Waals surface area contributed by atoms with Gasteiger partial charge >= 0.3 is 0 Å². The molecule has 10 heavy (non-hydrogen) atoms. The lowest BCUT2D eigenvalue weighted by molar-refractivity contribution is 0.852. The molecule has 0 radical (unpaired) electrons. The van der Waals surface area contributed by atoms with Crippen LogP contribution in [0.1, 0.15) is 19.8 Å². The molecular formula is C8H14N2. The van der Waals surface area contributed by atoms with Gasteiger partial charge in [-0.15, -0.1) is 0 Å². The molecule has 0 atom stereocenters. The molecule has 0 aromatic carbocycles. The maximum Gasteiger partial charge on any atom is 0.0497 e. The Hall–Kier alpha value is -0.920. The predicted octanol–water partition coefficient (Wildman–Crippen LogP) is 1.11. The van der Waals surface area contributed by atoms with E-state index in [-0.39, 0.29) is 0 Å². The molecule has 0 amide bonds. The van der Waals surface area contributed by atoms with Gasteiger partial charge in [-0.3, -0.25) is 0 Å². The third kappa shape index (κ3) is 2.13. The van der Waals surface area contributed by atoms with Crippen LogP contribution in [-0.4, -0.2) is 6.04 Å². The van der Waals surface area contributed by atoms with Crippen LogP contribution < -0.4 is 11.1 Å². The first-order chi connectivity index (χ1) is 4.70. The van der Waals surface area contributed by atoms with Crippen molar-refractivity contribution in [2.45, 2.75) is 25.8 Å². The number of allylic oxidation sites excluding steroid dienone is 1. The van der Waals surface area contributed by atoms with Crippen molar-refractivity contribution in [2.24, 2.45) is 5.73 Å². The van der Waals surface area contributed by atoms with Gasteiger partial charge in [0.05, 0.1) is 0 Å². The molecule has 2 heteroatoms. The van der Waals surface area contributed by atoms with Crippen molar-refractivity contribution in [2.75, 3.05) is 0 Å². The largest absolute Gasteiger partial charge is 0.397 e. The van der Waals surface area contributed by atoms with Crippen molar-refractivity contribution in [1.82, 2.24) is 5.32 Å². The molecule has 0 aromatic rings. The second kappa shape index (κ2) is 2.78. The van der Waals surface area contributed by atoms with Crippen molar-refractivity contribution >= 4 is 0 Å². The molecule has 2 nitrogen and oxygen atoms in total. The number of hydrogen-bond donors (Lipinski definition) is 2. The fourth-order valence-electron chi connectivity index (χ4n) is 0.581. The molecule has 0 saturated heterocycles. The van der Waals surface area contributed by atoms with Gasteiger partial charge in [-0.05, 0) is 25.3 Å². The third-order valence-electron chi connectivity index (χ3n) is 1.54. The Balaban J connectivity index is 2.29. The first-order valence-electron chi connectivity index (χ1n) is 3.57. The first kappa shape index (κ1) is 7.19. The van der Waals surface area contributed by atoms with Gasteiger partial charge in [0.15, 0.2) is 0 Å². The summed E-state index contributed by atoms with van der Waals surface area (Å²) in [6.45, 7) is 5.62. The molecule has 0 aromatic heterocycles. The third-order valence-corrected chi connectivity index (χ3v) is 1.54. The van der Waals surface area contributed by atoms with Crippen LogP contribution in [-0.2, 0) is 0 Å². The standard InChI is InChI=1S/C8H14N2/c1-6(2)8(9)5-10-7-3-4-7/h5,7,10H,1,3-4,9H2,2H3/b8-5-. The van der Waals surface area contributed by atoms with Crippen molar-refractivity contribution in [1.29, 1.82) is 0 Å². The van der Waals surface area contributed by atoms with E-state index in [1.165, 1.54) is 12.8 Å². The minimum Gasteiger partial charge on any atom is -0.397 e. The molecule has 0 aliphatic heterocycles. The Morgan fingerprint density at radius 3 is 2.70 bits per heavy atom. The molecule has 0 unspecified atom stereocenters. The highest BCUT2D eigenvalue weighted by Gasteiger charge is 2.18. The number of nitrogens with one attached hydrogen (secondary N) is 1. The molecule has 1 aliphatic carbocycles. The molecule has 1 rings (SSSR count). The normalized spacial score (nSPS) is 18.7. The second-order valence-corrected chi connectivity index (χ2v) is 2.82. The van der Waals surface area contributed by atoms with E-state index in [9.17, 15) is 0 Å². The zero-order chi connectivity index (χ0) is 7.56. The van der Waals surface area contributed by atoms with Gasteiger partial charge in [0.1, 0.15) is 0 Å². The van der Waals surface area contributed by atoms with Crippen LogP contribution in [0.3, 0.4) is 0 Å². The van der Waals surface area contributed by atoms with E-state index in [2.05, 4.69) is 11.9 Å². The van der Waals surface area contributed by atoms with Crippen LogP contribution in [0.2, 0.25) is 0 Å². The number of nitrogens with two attached hydrogens (primary N) is 1. The lowest BCUT2D eigenvalue weighted by Crippen LogP contribution is -2.11. The SMILES string of the molecule is C=C(C)/C(N)=C/NC1CC1. The highest BCUT2D eigenvalue weighted by Crippen LogP contribution is 2.18. The van der Waals surface area contributed by atoms with Gasteiger partial charge in [-0.25, -0.2) is 0 Å². The van der Waals surface area contributed by atoms with Gasteiger partial charge < -0.3 is 11.1 Å². The van der Waals surface area contributed by atoms with Crippen molar-refractivity contribution in [3.63, 3.8) is 0 Å². The summed E-state index contributed by atoms with van der Waals surface area (Å²) in [4.78, 5) is 0. The summed E-state index contributed by atoms with van der Waals surface area (Å²) >= 11 is 0. The van der Waals surface area contributed by atoms with E-state index in [1.807, 2.05) is 13.1 Å². The van der Waals surface area contributed by atoms with Gasteiger partial charge in [0.2, 0.25) is 0 Å². The van der Waals surface area contributed by atoms with Crippen LogP contribution in [0.5, 0.6) is 0 Å².